The van der Waals surface area contributed by atoms with Gasteiger partial charge in [-0.15, -0.1) is 0 Å². The molecule has 1 aliphatic rings. The van der Waals surface area contributed by atoms with Gasteiger partial charge < -0.3 is 9.47 Å². The number of hydrogen-bond donors (Lipinski definition) is 0. The summed E-state index contributed by atoms with van der Waals surface area (Å²) in [6.45, 7) is 6.27. The van der Waals surface area contributed by atoms with Gasteiger partial charge in [-0.2, -0.15) is 0 Å². The molecule has 0 aliphatic heterocycles. The molecule has 1 aromatic rings. The van der Waals surface area contributed by atoms with Gasteiger partial charge in [0.05, 0.1) is 19.8 Å². The van der Waals surface area contributed by atoms with Gasteiger partial charge >= 0.3 is 11.9 Å². The maximum atomic E-state index is 12.5. The van der Waals surface area contributed by atoms with Crippen LogP contribution in [0.1, 0.15) is 83.3 Å². The van der Waals surface area contributed by atoms with E-state index in [9.17, 15) is 9.59 Å². The van der Waals surface area contributed by atoms with E-state index in [0.717, 1.165) is 39.4 Å². The first-order valence-electron chi connectivity index (χ1n) is 8.54. The van der Waals surface area contributed by atoms with Crippen LogP contribution in [0, 0.1) is 0 Å². The number of aryl methyl sites for hydroxylation is 1. The van der Waals surface area contributed by atoms with Gasteiger partial charge in [-0.3, -0.25) is 0 Å². The maximum absolute atomic E-state index is 12.5. The first-order valence-corrected chi connectivity index (χ1v) is 9.43. The minimum atomic E-state index is -0.443. The van der Waals surface area contributed by atoms with Crippen LogP contribution in [0.3, 0.4) is 0 Å². The van der Waals surface area contributed by atoms with Crippen molar-refractivity contribution in [1.82, 2.24) is 0 Å². The van der Waals surface area contributed by atoms with Crippen LogP contribution in [0.4, 0.5) is 0 Å². The number of hydrogen-bond acceptors (Lipinski definition) is 4. The molecule has 4 nitrogen and oxygen atoms in total. The van der Waals surface area contributed by atoms with Gasteiger partial charge in [0.15, 0.2) is 0 Å². The molecule has 0 amide bonds. The summed E-state index contributed by atoms with van der Waals surface area (Å²) in [5, 5.41) is 1.70. The summed E-state index contributed by atoms with van der Waals surface area (Å²) in [5.41, 5.74) is 2.39. The molecule has 0 atom stereocenters. The quantitative estimate of drug-likeness (QED) is 0.719. The first-order chi connectivity index (χ1) is 11.3. The molecule has 0 radical (unpaired) electrons. The number of methoxy groups -OCH3 is 2. The molecule has 1 heterocycles. The Labute approximate surface area is 146 Å². The first kappa shape index (κ1) is 18.9. The Bertz CT molecular complexity index is 644. The Morgan fingerprint density at radius 3 is 2.04 bits per heavy atom. The molecule has 5 heteroatoms. The molecule has 0 bridgehead atoms. The summed E-state index contributed by atoms with van der Waals surface area (Å²) in [5.74, 6) is -0.881. The van der Waals surface area contributed by atoms with Crippen molar-refractivity contribution in [2.45, 2.75) is 64.7 Å². The summed E-state index contributed by atoms with van der Waals surface area (Å²) in [6, 6.07) is 0. The second kappa shape index (κ2) is 7.65. The molecule has 1 aliphatic carbocycles. The molecule has 0 aromatic carbocycles. The molecular formula is C19H27O4P. The zero-order chi connectivity index (χ0) is 17.9. The van der Waals surface area contributed by atoms with Gasteiger partial charge in [0.2, 0.25) is 0 Å². The predicted molar refractivity (Wildman–Crippen MR) is 96.2 cm³/mol. The number of rotatable bonds is 2. The molecule has 0 N–H and O–H groups in total. The van der Waals surface area contributed by atoms with E-state index in [0.29, 0.717) is 10.9 Å². The number of esters is 2. The Kier molecular flexibility index (Phi) is 6.03. The van der Waals surface area contributed by atoms with Crippen LogP contribution in [-0.2, 0) is 27.7 Å². The van der Waals surface area contributed by atoms with Gasteiger partial charge in [0, 0.05) is 0 Å². The Morgan fingerprint density at radius 1 is 0.917 bits per heavy atom. The van der Waals surface area contributed by atoms with E-state index in [2.05, 4.69) is 20.8 Å². The van der Waals surface area contributed by atoms with Crippen LogP contribution in [0.5, 0.6) is 0 Å². The fourth-order valence-electron chi connectivity index (χ4n) is 3.47. The van der Waals surface area contributed by atoms with Crippen molar-refractivity contribution in [1.29, 1.82) is 0 Å². The molecule has 24 heavy (non-hydrogen) atoms. The Morgan fingerprint density at radius 2 is 1.50 bits per heavy atom. The fraction of sp³-hybridized carbons (Fsp3) is 0.632. The van der Waals surface area contributed by atoms with E-state index in [1.807, 2.05) is 0 Å². The topological polar surface area (TPSA) is 52.6 Å². The van der Waals surface area contributed by atoms with E-state index >= 15 is 0 Å². The van der Waals surface area contributed by atoms with Crippen molar-refractivity contribution in [3.8, 4) is 0 Å². The average Bonchev–Trinajstić information content (AvgIpc) is 2.51. The van der Waals surface area contributed by atoms with Crippen LogP contribution < -0.4 is 0 Å². The highest BCUT2D eigenvalue weighted by Gasteiger charge is 2.33. The highest BCUT2D eigenvalue weighted by atomic mass is 31.0. The number of ether oxygens (including phenoxy) is 2. The van der Waals surface area contributed by atoms with Crippen molar-refractivity contribution < 1.29 is 19.1 Å². The average molecular weight is 350 g/mol. The third-order valence-electron chi connectivity index (χ3n) is 4.49. The lowest BCUT2D eigenvalue weighted by atomic mass is 9.78. The minimum Gasteiger partial charge on any atom is -0.465 e. The maximum Gasteiger partial charge on any atom is 0.343 e. The summed E-state index contributed by atoms with van der Waals surface area (Å²) >= 11 is 0. The number of carbonyl (C=O) groups excluding carboxylic acids is 2. The summed E-state index contributed by atoms with van der Waals surface area (Å²) < 4.78 is 9.99. The molecule has 0 fully saturated rings. The molecule has 0 unspecified atom stereocenters. The molecular weight excluding hydrogens is 323 g/mol. The monoisotopic (exact) mass is 350 g/mol. The zero-order valence-electron chi connectivity index (χ0n) is 15.3. The van der Waals surface area contributed by atoms with Crippen molar-refractivity contribution in [2.75, 3.05) is 14.2 Å². The predicted octanol–water partition coefficient (Wildman–Crippen LogP) is 4.80. The second-order valence-corrected chi connectivity index (χ2v) is 8.49. The van der Waals surface area contributed by atoms with Gasteiger partial charge in [0.25, 0.3) is 0 Å². The Hall–Kier alpha value is -1.41. The zero-order valence-corrected chi connectivity index (χ0v) is 16.2. The standard InChI is InChI=1S/C19H27O4P/c1-19(2,3)15-12-10-8-6-7-9-11-13(12)24-16(18(21)23-5)14(15)17(20)22-4/h6-11H2,1-5H3. The highest BCUT2D eigenvalue weighted by molar-refractivity contribution is 7.33. The summed E-state index contributed by atoms with van der Waals surface area (Å²) in [7, 11) is 3.53. The summed E-state index contributed by atoms with van der Waals surface area (Å²) in [4.78, 5) is 24.9. The second-order valence-electron chi connectivity index (χ2n) is 7.28. The van der Waals surface area contributed by atoms with E-state index in [-0.39, 0.29) is 5.41 Å². The molecule has 0 saturated heterocycles. The summed E-state index contributed by atoms with van der Waals surface area (Å²) in [6.07, 6.45) is 6.63. The van der Waals surface area contributed by atoms with E-state index in [1.165, 1.54) is 37.9 Å². The molecule has 0 spiro atoms. The van der Waals surface area contributed by atoms with E-state index in [1.54, 1.807) is 0 Å². The lowest BCUT2D eigenvalue weighted by Crippen LogP contribution is -2.24. The van der Waals surface area contributed by atoms with Crippen molar-refractivity contribution >= 4 is 20.1 Å². The number of carbonyl (C=O) groups is 2. The lowest BCUT2D eigenvalue weighted by Gasteiger charge is -2.29. The third-order valence-corrected chi connectivity index (χ3v) is 5.89. The molecule has 2 rings (SSSR count). The van der Waals surface area contributed by atoms with Crippen molar-refractivity contribution in [3.63, 3.8) is 0 Å². The third kappa shape index (κ3) is 3.80. The van der Waals surface area contributed by atoms with Crippen LogP contribution in [0.2, 0.25) is 0 Å². The lowest BCUT2D eigenvalue weighted by molar-refractivity contribution is 0.0557. The van der Waals surface area contributed by atoms with Crippen LogP contribution in [0.15, 0.2) is 0 Å². The van der Waals surface area contributed by atoms with Gasteiger partial charge in [0.1, 0.15) is 5.30 Å². The van der Waals surface area contributed by atoms with Crippen molar-refractivity contribution in [3.05, 3.63) is 27.3 Å². The number of fused-ring (bicyclic) bond motifs is 1. The van der Waals surface area contributed by atoms with E-state index < -0.39 is 11.9 Å². The SMILES string of the molecule is COC(=O)c1pc2c(c(C(C)(C)C)c1C(=O)OC)CCCCCC2. The van der Waals surface area contributed by atoms with Gasteiger partial charge in [-0.1, -0.05) is 41.8 Å². The fourth-order valence-corrected chi connectivity index (χ4v) is 4.86. The Balaban J connectivity index is 2.84. The molecule has 1 aromatic heterocycles. The van der Waals surface area contributed by atoms with Gasteiger partial charge in [-0.25, -0.2) is 9.59 Å². The normalized spacial score (nSPS) is 15.4. The van der Waals surface area contributed by atoms with Crippen molar-refractivity contribution in [2.24, 2.45) is 0 Å². The highest BCUT2D eigenvalue weighted by Crippen LogP contribution is 2.41. The molecule has 132 valence electrons. The van der Waals surface area contributed by atoms with E-state index in [4.69, 9.17) is 9.47 Å². The van der Waals surface area contributed by atoms with Crippen LogP contribution in [0.25, 0.3) is 0 Å². The minimum absolute atomic E-state index is 0.251. The van der Waals surface area contributed by atoms with Gasteiger partial charge in [-0.05, 0) is 47.5 Å². The smallest absolute Gasteiger partial charge is 0.343 e. The van der Waals surface area contributed by atoms with Crippen LogP contribution in [-0.4, -0.2) is 26.2 Å². The van der Waals surface area contributed by atoms with Crippen LogP contribution >= 0.6 is 8.19 Å². The largest absolute Gasteiger partial charge is 0.465 e. The molecule has 0 saturated carbocycles.